The van der Waals surface area contributed by atoms with Crippen LogP contribution in [-0.4, -0.2) is 36.5 Å². The van der Waals surface area contributed by atoms with Crippen LogP contribution in [0.4, 0.5) is 0 Å². The van der Waals surface area contributed by atoms with Gasteiger partial charge in [-0.15, -0.1) is 0 Å². The summed E-state index contributed by atoms with van der Waals surface area (Å²) in [6.45, 7) is 6.89. The Morgan fingerprint density at radius 1 is 1.32 bits per heavy atom. The summed E-state index contributed by atoms with van der Waals surface area (Å²) in [6.07, 6.45) is 7.32. The molecule has 2 saturated heterocycles. The number of ether oxygens (including phenoxy) is 3. The molecule has 3 fully saturated rings. The average molecular weight is 302 g/mol. The summed E-state index contributed by atoms with van der Waals surface area (Å²) in [6, 6.07) is 0. The first-order chi connectivity index (χ1) is 10.4. The number of carbonyl (C=O) groups excluding carboxylic acids is 1. The topological polar surface area (TPSA) is 44.8 Å². The van der Waals surface area contributed by atoms with Gasteiger partial charge in [0, 0.05) is 5.41 Å². The fourth-order valence-electron chi connectivity index (χ4n) is 5.47. The maximum Gasteiger partial charge on any atom is 0.165 e. The molecule has 0 aromatic heterocycles. The summed E-state index contributed by atoms with van der Waals surface area (Å²) in [4.78, 5) is 12.2. The Bertz CT molecular complexity index is 660. The van der Waals surface area contributed by atoms with Gasteiger partial charge < -0.3 is 14.2 Å². The minimum absolute atomic E-state index is 0.00891. The van der Waals surface area contributed by atoms with E-state index in [1.54, 1.807) is 6.92 Å². The quantitative estimate of drug-likeness (QED) is 0.786. The van der Waals surface area contributed by atoms with E-state index < -0.39 is 5.79 Å². The molecule has 1 spiro atoms. The molecular weight excluding hydrogens is 280 g/mol. The minimum atomic E-state index is -0.563. The average Bonchev–Trinajstić information content (AvgIpc) is 2.87. The maximum absolute atomic E-state index is 12.2. The number of ketones is 1. The molecule has 0 unspecified atom stereocenters. The Labute approximate surface area is 130 Å². The van der Waals surface area contributed by atoms with Crippen molar-refractivity contribution in [3.05, 3.63) is 23.3 Å². The van der Waals surface area contributed by atoms with E-state index in [1.165, 1.54) is 11.1 Å². The molecule has 22 heavy (non-hydrogen) atoms. The fraction of sp³-hybridized carbons (Fsp3) is 0.722. The van der Waals surface area contributed by atoms with Crippen LogP contribution < -0.4 is 0 Å². The largest absolute Gasteiger partial charge is 0.379 e. The lowest BCUT2D eigenvalue weighted by molar-refractivity contribution is -0.153. The van der Waals surface area contributed by atoms with Gasteiger partial charge in [0.2, 0.25) is 0 Å². The Morgan fingerprint density at radius 2 is 2.14 bits per heavy atom. The van der Waals surface area contributed by atoms with Gasteiger partial charge in [-0.1, -0.05) is 12.2 Å². The summed E-state index contributed by atoms with van der Waals surface area (Å²) < 4.78 is 18.3. The molecule has 0 aromatic carbocycles. The second-order valence-electron chi connectivity index (χ2n) is 8.05. The molecule has 0 N–H and O–H groups in total. The van der Waals surface area contributed by atoms with E-state index >= 15 is 0 Å². The van der Waals surface area contributed by atoms with E-state index in [9.17, 15) is 4.79 Å². The first kappa shape index (κ1) is 13.5. The molecule has 2 heterocycles. The van der Waals surface area contributed by atoms with Crippen molar-refractivity contribution in [3.63, 3.8) is 0 Å². The fourth-order valence-corrected chi connectivity index (χ4v) is 5.47. The molecule has 2 aliphatic heterocycles. The van der Waals surface area contributed by atoms with Crippen molar-refractivity contribution in [1.29, 1.82) is 0 Å². The maximum atomic E-state index is 12.2. The monoisotopic (exact) mass is 302 g/mol. The second-order valence-corrected chi connectivity index (χ2v) is 8.05. The summed E-state index contributed by atoms with van der Waals surface area (Å²) in [5, 5.41) is 0. The van der Waals surface area contributed by atoms with Crippen molar-refractivity contribution in [2.75, 3.05) is 13.2 Å². The normalized spacial score (nSPS) is 50.2. The van der Waals surface area contributed by atoms with E-state index in [-0.39, 0.29) is 28.3 Å². The molecule has 3 aliphatic carbocycles. The number of fused-ring (bicyclic) bond motifs is 1. The molecule has 0 aromatic rings. The van der Waals surface area contributed by atoms with Crippen LogP contribution in [0.25, 0.3) is 0 Å². The van der Waals surface area contributed by atoms with Gasteiger partial charge in [0.05, 0.1) is 18.6 Å². The Morgan fingerprint density at radius 3 is 2.86 bits per heavy atom. The molecule has 0 radical (unpaired) electrons. The van der Waals surface area contributed by atoms with Gasteiger partial charge in [0.1, 0.15) is 17.5 Å². The SMILES string of the molecule is CC(=O)[C@@]12COC[C@]1(C1=C3C=CCC[C@@]34OC(C)(C)O[C@@H]14)C2. The van der Waals surface area contributed by atoms with Gasteiger partial charge in [-0.05, 0) is 51.2 Å². The van der Waals surface area contributed by atoms with Gasteiger partial charge in [-0.2, -0.15) is 0 Å². The molecule has 5 rings (SSSR count). The van der Waals surface area contributed by atoms with Crippen LogP contribution in [0.15, 0.2) is 23.3 Å². The highest BCUT2D eigenvalue weighted by molar-refractivity contribution is 5.89. The van der Waals surface area contributed by atoms with Gasteiger partial charge in [0.25, 0.3) is 0 Å². The van der Waals surface area contributed by atoms with Gasteiger partial charge in [-0.3, -0.25) is 4.79 Å². The number of hydrogen-bond donors (Lipinski definition) is 0. The van der Waals surface area contributed by atoms with Crippen LogP contribution in [0.3, 0.4) is 0 Å². The van der Waals surface area contributed by atoms with Crippen LogP contribution >= 0.6 is 0 Å². The third-order valence-corrected chi connectivity index (χ3v) is 6.51. The van der Waals surface area contributed by atoms with E-state index in [0.29, 0.717) is 13.2 Å². The van der Waals surface area contributed by atoms with Crippen LogP contribution in [0.2, 0.25) is 0 Å². The number of allylic oxidation sites excluding steroid dienone is 1. The summed E-state index contributed by atoms with van der Waals surface area (Å²) in [5.41, 5.74) is 1.84. The van der Waals surface area contributed by atoms with Gasteiger partial charge >= 0.3 is 0 Å². The Hall–Kier alpha value is -0.970. The van der Waals surface area contributed by atoms with Crippen LogP contribution in [-0.2, 0) is 19.0 Å². The van der Waals surface area contributed by atoms with Crippen molar-refractivity contribution < 1.29 is 19.0 Å². The molecular formula is C18H22O4. The van der Waals surface area contributed by atoms with E-state index in [4.69, 9.17) is 14.2 Å². The molecule has 0 bridgehead atoms. The third-order valence-electron chi connectivity index (χ3n) is 6.51. The standard InChI is InChI=1S/C18H22O4/c1-11(19)16-8-17(16,10-20-9-16)13-12-6-4-5-7-18(12)14(13)21-15(2,3)22-18/h4,6,14H,5,7-10H2,1-3H3/t14-,16+,17-,18+/m0/s1. The summed E-state index contributed by atoms with van der Waals surface area (Å²) in [7, 11) is 0. The number of Topliss-reactive ketones (excluding diaryl/α,β-unsaturated/α-hetero) is 1. The first-order valence-corrected chi connectivity index (χ1v) is 8.25. The van der Waals surface area contributed by atoms with Crippen LogP contribution in [0, 0.1) is 10.8 Å². The Balaban J connectivity index is 1.65. The highest BCUT2D eigenvalue weighted by Gasteiger charge is 2.81. The van der Waals surface area contributed by atoms with E-state index in [2.05, 4.69) is 12.2 Å². The third kappa shape index (κ3) is 1.23. The molecule has 5 aliphatic rings. The van der Waals surface area contributed by atoms with Gasteiger partial charge in [-0.25, -0.2) is 0 Å². The van der Waals surface area contributed by atoms with Crippen molar-refractivity contribution >= 4 is 5.78 Å². The number of hydrogen-bond acceptors (Lipinski definition) is 4. The van der Waals surface area contributed by atoms with Crippen molar-refractivity contribution in [1.82, 2.24) is 0 Å². The Kier molecular flexibility index (Phi) is 2.19. The second kappa shape index (κ2) is 3.58. The predicted molar refractivity (Wildman–Crippen MR) is 79.2 cm³/mol. The van der Waals surface area contributed by atoms with E-state index in [1.807, 2.05) is 13.8 Å². The molecule has 4 atom stereocenters. The highest BCUT2D eigenvalue weighted by Crippen LogP contribution is 2.77. The molecule has 1 saturated carbocycles. The minimum Gasteiger partial charge on any atom is -0.379 e. The predicted octanol–water partition coefficient (Wildman–Crippen LogP) is 2.53. The lowest BCUT2D eigenvalue weighted by atomic mass is 9.60. The molecule has 4 heteroatoms. The zero-order valence-corrected chi connectivity index (χ0v) is 13.4. The van der Waals surface area contributed by atoms with Crippen LogP contribution in [0.5, 0.6) is 0 Å². The van der Waals surface area contributed by atoms with Crippen molar-refractivity contribution in [3.8, 4) is 0 Å². The van der Waals surface area contributed by atoms with Crippen LogP contribution in [0.1, 0.15) is 40.0 Å². The van der Waals surface area contributed by atoms with Crippen molar-refractivity contribution in [2.24, 2.45) is 10.8 Å². The molecule has 0 amide bonds. The first-order valence-electron chi connectivity index (χ1n) is 8.25. The van der Waals surface area contributed by atoms with E-state index in [0.717, 1.165) is 19.3 Å². The van der Waals surface area contributed by atoms with Gasteiger partial charge in [0.15, 0.2) is 5.79 Å². The zero-order valence-electron chi connectivity index (χ0n) is 13.4. The smallest absolute Gasteiger partial charge is 0.165 e. The highest BCUT2D eigenvalue weighted by atomic mass is 16.8. The number of rotatable bonds is 2. The lowest BCUT2D eigenvalue weighted by Gasteiger charge is -2.49. The molecule has 4 nitrogen and oxygen atoms in total. The lowest BCUT2D eigenvalue weighted by Crippen LogP contribution is -2.55. The summed E-state index contributed by atoms with van der Waals surface area (Å²) in [5.74, 6) is -0.305. The zero-order chi connectivity index (χ0) is 15.4. The summed E-state index contributed by atoms with van der Waals surface area (Å²) >= 11 is 0. The molecule has 118 valence electrons. The number of carbonyl (C=O) groups is 1. The van der Waals surface area contributed by atoms with Crippen molar-refractivity contribution in [2.45, 2.75) is 57.5 Å².